The van der Waals surface area contributed by atoms with E-state index in [1.54, 1.807) is 7.11 Å². The van der Waals surface area contributed by atoms with Gasteiger partial charge in [-0.25, -0.2) is 4.98 Å². The number of hydrogen-bond donors (Lipinski definition) is 1. The number of aromatic nitrogens is 2. The van der Waals surface area contributed by atoms with Crippen LogP contribution >= 0.6 is 0 Å². The molecular weight excluding hydrogens is 264 g/mol. The summed E-state index contributed by atoms with van der Waals surface area (Å²) in [6.45, 7) is 4.94. The van der Waals surface area contributed by atoms with E-state index in [2.05, 4.69) is 15.5 Å². The van der Waals surface area contributed by atoms with Crippen LogP contribution in [0.3, 0.4) is 0 Å². The van der Waals surface area contributed by atoms with Crippen LogP contribution in [0.25, 0.3) is 11.0 Å². The molecule has 0 amide bonds. The average molecular weight is 288 g/mol. The predicted molar refractivity (Wildman–Crippen MR) is 84.5 cm³/mol. The van der Waals surface area contributed by atoms with Crippen LogP contribution in [0.5, 0.6) is 5.75 Å². The summed E-state index contributed by atoms with van der Waals surface area (Å²) < 4.78 is 7.63. The van der Waals surface area contributed by atoms with E-state index in [4.69, 9.17) is 15.5 Å². The van der Waals surface area contributed by atoms with Gasteiger partial charge in [0, 0.05) is 12.6 Å². The van der Waals surface area contributed by atoms with Gasteiger partial charge >= 0.3 is 0 Å². The molecule has 1 aliphatic heterocycles. The Morgan fingerprint density at radius 2 is 2.10 bits per heavy atom. The van der Waals surface area contributed by atoms with Crippen LogP contribution in [0.15, 0.2) is 18.2 Å². The van der Waals surface area contributed by atoms with Gasteiger partial charge in [0.25, 0.3) is 0 Å². The van der Waals surface area contributed by atoms with Crippen LogP contribution in [0.1, 0.15) is 25.1 Å². The Bertz CT molecular complexity index is 602. The third kappa shape index (κ3) is 3.04. The first-order chi connectivity index (χ1) is 10.3. The van der Waals surface area contributed by atoms with Gasteiger partial charge in [-0.2, -0.15) is 0 Å². The fourth-order valence-electron chi connectivity index (χ4n) is 3.05. The van der Waals surface area contributed by atoms with E-state index in [1.807, 2.05) is 12.1 Å². The number of methoxy groups -OCH3 is 1. The molecular formula is C16H24N4O. The number of nitrogens with two attached hydrogens (primary N) is 1. The summed E-state index contributed by atoms with van der Waals surface area (Å²) in [5, 5.41) is 0. The maximum Gasteiger partial charge on any atom is 0.124 e. The molecule has 0 unspecified atom stereocenters. The molecule has 0 saturated carbocycles. The molecule has 1 aromatic heterocycles. The zero-order valence-electron chi connectivity index (χ0n) is 12.7. The highest BCUT2D eigenvalue weighted by atomic mass is 16.5. The third-order valence-electron chi connectivity index (χ3n) is 4.18. The van der Waals surface area contributed by atoms with E-state index in [9.17, 15) is 0 Å². The number of ether oxygens (including phenoxy) is 1. The molecule has 1 saturated heterocycles. The fourth-order valence-corrected chi connectivity index (χ4v) is 3.05. The quantitative estimate of drug-likeness (QED) is 0.883. The van der Waals surface area contributed by atoms with Gasteiger partial charge in [0.2, 0.25) is 0 Å². The van der Waals surface area contributed by atoms with Gasteiger partial charge in [-0.05, 0) is 51.0 Å². The number of imidazole rings is 1. The SMILES string of the molecule is COc1ccc2c(c1)nc(CN1CCCC1)n2CCCN. The lowest BCUT2D eigenvalue weighted by atomic mass is 10.3. The van der Waals surface area contributed by atoms with Crippen LogP contribution in [-0.4, -0.2) is 41.2 Å². The Morgan fingerprint density at radius 1 is 1.29 bits per heavy atom. The van der Waals surface area contributed by atoms with Gasteiger partial charge in [-0.1, -0.05) is 0 Å². The lowest BCUT2D eigenvalue weighted by molar-refractivity contribution is 0.316. The van der Waals surface area contributed by atoms with Gasteiger partial charge in [0.05, 0.1) is 24.7 Å². The van der Waals surface area contributed by atoms with Gasteiger partial charge in [0.15, 0.2) is 0 Å². The molecule has 2 heterocycles. The number of fused-ring (bicyclic) bond motifs is 1. The van der Waals surface area contributed by atoms with Gasteiger partial charge in [-0.3, -0.25) is 4.90 Å². The van der Waals surface area contributed by atoms with Crippen LogP contribution in [-0.2, 0) is 13.1 Å². The first-order valence-electron chi connectivity index (χ1n) is 7.77. The van der Waals surface area contributed by atoms with Crippen molar-refractivity contribution < 1.29 is 4.74 Å². The van der Waals surface area contributed by atoms with E-state index in [1.165, 1.54) is 31.4 Å². The fraction of sp³-hybridized carbons (Fsp3) is 0.562. The average Bonchev–Trinajstić information content (AvgIpc) is 3.12. The second-order valence-electron chi connectivity index (χ2n) is 5.66. The molecule has 114 valence electrons. The van der Waals surface area contributed by atoms with Crippen molar-refractivity contribution in [2.24, 2.45) is 5.73 Å². The Balaban J connectivity index is 1.94. The van der Waals surface area contributed by atoms with E-state index < -0.39 is 0 Å². The van der Waals surface area contributed by atoms with Crippen LogP contribution in [0, 0.1) is 0 Å². The summed E-state index contributed by atoms with van der Waals surface area (Å²) in [5.74, 6) is 2.01. The number of hydrogen-bond acceptors (Lipinski definition) is 4. The van der Waals surface area contributed by atoms with Gasteiger partial charge in [-0.15, -0.1) is 0 Å². The topological polar surface area (TPSA) is 56.3 Å². The van der Waals surface area contributed by atoms with Crippen molar-refractivity contribution >= 4 is 11.0 Å². The van der Waals surface area contributed by atoms with Crippen molar-refractivity contribution in [3.8, 4) is 5.75 Å². The van der Waals surface area contributed by atoms with Crippen molar-refractivity contribution in [2.45, 2.75) is 32.4 Å². The van der Waals surface area contributed by atoms with E-state index in [0.29, 0.717) is 6.54 Å². The molecule has 0 radical (unpaired) electrons. The van der Waals surface area contributed by atoms with Crippen LogP contribution < -0.4 is 10.5 Å². The van der Waals surface area contributed by atoms with E-state index in [0.717, 1.165) is 36.6 Å². The molecule has 5 nitrogen and oxygen atoms in total. The number of benzene rings is 1. The normalized spacial score (nSPS) is 15.9. The predicted octanol–water partition coefficient (Wildman–Crippen LogP) is 1.99. The lowest BCUT2D eigenvalue weighted by Crippen LogP contribution is -2.21. The first kappa shape index (κ1) is 14.4. The van der Waals surface area contributed by atoms with Gasteiger partial charge in [0.1, 0.15) is 11.6 Å². The number of rotatable bonds is 6. The Hall–Kier alpha value is -1.59. The summed E-state index contributed by atoms with van der Waals surface area (Å²) in [4.78, 5) is 7.32. The van der Waals surface area contributed by atoms with Gasteiger partial charge < -0.3 is 15.0 Å². The molecule has 0 bridgehead atoms. The maximum atomic E-state index is 5.68. The third-order valence-corrected chi connectivity index (χ3v) is 4.18. The van der Waals surface area contributed by atoms with Crippen LogP contribution in [0.2, 0.25) is 0 Å². The zero-order chi connectivity index (χ0) is 14.7. The highest BCUT2D eigenvalue weighted by Gasteiger charge is 2.17. The van der Waals surface area contributed by atoms with Crippen molar-refractivity contribution in [3.05, 3.63) is 24.0 Å². The molecule has 1 aromatic carbocycles. The Morgan fingerprint density at radius 3 is 2.81 bits per heavy atom. The summed E-state index contributed by atoms with van der Waals surface area (Å²) >= 11 is 0. The van der Waals surface area contributed by atoms with Crippen molar-refractivity contribution in [1.82, 2.24) is 14.5 Å². The second kappa shape index (κ2) is 6.45. The smallest absolute Gasteiger partial charge is 0.124 e. The summed E-state index contributed by atoms with van der Waals surface area (Å²) in [6.07, 6.45) is 3.58. The highest BCUT2D eigenvalue weighted by molar-refractivity contribution is 5.77. The van der Waals surface area contributed by atoms with Crippen molar-refractivity contribution in [1.29, 1.82) is 0 Å². The molecule has 1 fully saturated rings. The molecule has 5 heteroatoms. The lowest BCUT2D eigenvalue weighted by Gasteiger charge is -2.15. The minimum absolute atomic E-state index is 0.707. The standard InChI is InChI=1S/C16H24N4O/c1-21-13-5-6-15-14(11-13)18-16(20(15)10-4-7-17)12-19-8-2-3-9-19/h5-6,11H,2-4,7-10,12,17H2,1H3. The Kier molecular flexibility index (Phi) is 4.41. The maximum absolute atomic E-state index is 5.68. The molecule has 2 N–H and O–H groups in total. The minimum Gasteiger partial charge on any atom is -0.497 e. The molecule has 0 aliphatic carbocycles. The van der Waals surface area contributed by atoms with E-state index >= 15 is 0 Å². The number of aryl methyl sites for hydroxylation is 1. The summed E-state index contributed by atoms with van der Waals surface area (Å²) in [6, 6.07) is 6.12. The zero-order valence-corrected chi connectivity index (χ0v) is 12.7. The van der Waals surface area contributed by atoms with Crippen molar-refractivity contribution in [2.75, 3.05) is 26.7 Å². The minimum atomic E-state index is 0.707. The highest BCUT2D eigenvalue weighted by Crippen LogP contribution is 2.23. The monoisotopic (exact) mass is 288 g/mol. The second-order valence-corrected chi connectivity index (χ2v) is 5.66. The number of likely N-dealkylation sites (tertiary alicyclic amines) is 1. The summed E-state index contributed by atoms with van der Waals surface area (Å²) in [5.41, 5.74) is 7.88. The molecule has 3 rings (SSSR count). The van der Waals surface area contributed by atoms with E-state index in [-0.39, 0.29) is 0 Å². The summed E-state index contributed by atoms with van der Waals surface area (Å²) in [7, 11) is 1.69. The molecule has 1 aliphatic rings. The molecule has 0 spiro atoms. The molecule has 21 heavy (non-hydrogen) atoms. The van der Waals surface area contributed by atoms with Crippen molar-refractivity contribution in [3.63, 3.8) is 0 Å². The van der Waals surface area contributed by atoms with Crippen LogP contribution in [0.4, 0.5) is 0 Å². The largest absolute Gasteiger partial charge is 0.497 e. The number of nitrogens with zero attached hydrogens (tertiary/aromatic N) is 3. The Labute approximate surface area is 125 Å². The molecule has 0 atom stereocenters. The molecule has 2 aromatic rings. The first-order valence-corrected chi connectivity index (χ1v) is 7.77.